The average molecular weight is 348 g/mol. The molecule has 26 heavy (non-hydrogen) atoms. The van der Waals surface area contributed by atoms with Gasteiger partial charge in [0.2, 0.25) is 0 Å². The normalized spacial score (nSPS) is 10.3. The molecule has 3 rings (SSSR count). The summed E-state index contributed by atoms with van der Waals surface area (Å²) in [6, 6.07) is 20.1. The molecule has 0 atom stereocenters. The number of nitrogens with zero attached hydrogens (tertiary/aromatic N) is 1. The van der Waals surface area contributed by atoms with Gasteiger partial charge >= 0.3 is 0 Å². The lowest BCUT2D eigenvalue weighted by Gasteiger charge is -2.17. The Morgan fingerprint density at radius 3 is 2.46 bits per heavy atom. The summed E-state index contributed by atoms with van der Waals surface area (Å²) in [5.41, 5.74) is 1.97. The third-order valence-electron chi connectivity index (χ3n) is 3.98. The smallest absolute Gasteiger partial charge is 0.253 e. The first-order valence-corrected chi connectivity index (χ1v) is 8.33. The number of nitrogens with one attached hydrogen (secondary N) is 1. The van der Waals surface area contributed by atoms with E-state index < -0.39 is 0 Å². The minimum absolute atomic E-state index is 0.130. The lowest BCUT2D eigenvalue weighted by atomic mass is 10.1. The van der Waals surface area contributed by atoms with E-state index in [0.717, 1.165) is 5.56 Å². The van der Waals surface area contributed by atoms with Gasteiger partial charge in [0, 0.05) is 24.7 Å². The molecule has 0 saturated carbocycles. The van der Waals surface area contributed by atoms with Crippen LogP contribution in [0.4, 0.5) is 0 Å². The van der Waals surface area contributed by atoms with E-state index in [4.69, 9.17) is 4.42 Å². The predicted molar refractivity (Wildman–Crippen MR) is 98.6 cm³/mol. The summed E-state index contributed by atoms with van der Waals surface area (Å²) in [6.07, 6.45) is 1.56. The predicted octanol–water partition coefficient (Wildman–Crippen LogP) is 3.48. The fourth-order valence-corrected chi connectivity index (χ4v) is 2.63. The van der Waals surface area contributed by atoms with Crippen molar-refractivity contribution in [3.05, 3.63) is 95.4 Å². The van der Waals surface area contributed by atoms with Crippen LogP contribution in [-0.2, 0) is 13.1 Å². The number of carbonyl (C=O) groups is 2. The van der Waals surface area contributed by atoms with Gasteiger partial charge in [0.05, 0.1) is 12.8 Å². The molecule has 3 aromatic rings. The van der Waals surface area contributed by atoms with Gasteiger partial charge in [-0.05, 0) is 35.9 Å². The van der Waals surface area contributed by atoms with E-state index in [1.165, 1.54) is 0 Å². The topological polar surface area (TPSA) is 62.6 Å². The second-order valence-electron chi connectivity index (χ2n) is 5.99. The summed E-state index contributed by atoms with van der Waals surface area (Å²) in [7, 11) is 1.75. The zero-order valence-corrected chi connectivity index (χ0v) is 14.5. The van der Waals surface area contributed by atoms with E-state index in [1.54, 1.807) is 54.6 Å². The molecule has 0 saturated heterocycles. The van der Waals surface area contributed by atoms with E-state index in [-0.39, 0.29) is 11.8 Å². The third-order valence-corrected chi connectivity index (χ3v) is 3.98. The van der Waals surface area contributed by atoms with E-state index in [1.807, 2.05) is 30.3 Å². The molecule has 1 N–H and O–H groups in total. The van der Waals surface area contributed by atoms with Crippen LogP contribution in [0.5, 0.6) is 0 Å². The van der Waals surface area contributed by atoms with E-state index in [9.17, 15) is 9.59 Å². The summed E-state index contributed by atoms with van der Waals surface area (Å²) in [6.45, 7) is 0.812. The van der Waals surface area contributed by atoms with Gasteiger partial charge in [-0.2, -0.15) is 0 Å². The summed E-state index contributed by atoms with van der Waals surface area (Å²) in [5, 5.41) is 2.78. The highest BCUT2D eigenvalue weighted by molar-refractivity contribution is 5.99. The second-order valence-corrected chi connectivity index (χ2v) is 5.99. The molecule has 0 unspecified atom stereocenters. The van der Waals surface area contributed by atoms with Gasteiger partial charge in [-0.1, -0.05) is 36.4 Å². The number of furan rings is 1. The Morgan fingerprint density at radius 2 is 1.73 bits per heavy atom. The fourth-order valence-electron chi connectivity index (χ4n) is 2.63. The number of hydrogen-bond acceptors (Lipinski definition) is 3. The fraction of sp³-hybridized carbons (Fsp3) is 0.143. The molecule has 0 bridgehead atoms. The Kier molecular flexibility index (Phi) is 5.49. The SMILES string of the molecule is CN(Cc1ccccc1)C(=O)c1cccc(C(=O)NCc2ccco2)c1. The first-order chi connectivity index (χ1) is 12.6. The summed E-state index contributed by atoms with van der Waals surface area (Å²) in [4.78, 5) is 26.6. The Morgan fingerprint density at radius 1 is 0.962 bits per heavy atom. The Labute approximate surface area is 152 Å². The van der Waals surface area contributed by atoms with E-state index >= 15 is 0 Å². The molecule has 0 fully saturated rings. The number of carbonyl (C=O) groups excluding carboxylic acids is 2. The molecular formula is C21H20N2O3. The number of rotatable bonds is 6. The van der Waals surface area contributed by atoms with Gasteiger partial charge in [0.15, 0.2) is 0 Å². The van der Waals surface area contributed by atoms with Crippen molar-refractivity contribution in [2.75, 3.05) is 7.05 Å². The first-order valence-electron chi connectivity index (χ1n) is 8.33. The zero-order valence-electron chi connectivity index (χ0n) is 14.5. The molecule has 132 valence electrons. The highest BCUT2D eigenvalue weighted by Crippen LogP contribution is 2.11. The number of benzene rings is 2. The lowest BCUT2D eigenvalue weighted by molar-refractivity contribution is 0.0785. The molecule has 0 radical (unpaired) electrons. The minimum atomic E-state index is -0.248. The molecule has 2 amide bonds. The van der Waals surface area contributed by atoms with Crippen molar-refractivity contribution in [1.29, 1.82) is 0 Å². The van der Waals surface area contributed by atoms with Crippen molar-refractivity contribution >= 4 is 11.8 Å². The van der Waals surface area contributed by atoms with Crippen LogP contribution in [-0.4, -0.2) is 23.8 Å². The van der Waals surface area contributed by atoms with Crippen LogP contribution in [0.15, 0.2) is 77.4 Å². The Bertz CT molecular complexity index is 873. The largest absolute Gasteiger partial charge is 0.467 e. The van der Waals surface area contributed by atoms with Gasteiger partial charge in [0.1, 0.15) is 5.76 Å². The van der Waals surface area contributed by atoms with Gasteiger partial charge in [-0.25, -0.2) is 0 Å². The quantitative estimate of drug-likeness (QED) is 0.742. The van der Waals surface area contributed by atoms with Gasteiger partial charge in [-0.15, -0.1) is 0 Å². The van der Waals surface area contributed by atoms with Crippen LogP contribution < -0.4 is 5.32 Å². The number of amides is 2. The van der Waals surface area contributed by atoms with Gasteiger partial charge in [-0.3, -0.25) is 9.59 Å². The molecule has 0 aliphatic carbocycles. The van der Waals surface area contributed by atoms with Crippen LogP contribution in [0, 0.1) is 0 Å². The van der Waals surface area contributed by atoms with Crippen molar-refractivity contribution < 1.29 is 14.0 Å². The monoisotopic (exact) mass is 348 g/mol. The maximum Gasteiger partial charge on any atom is 0.253 e. The molecule has 0 spiro atoms. The maximum absolute atomic E-state index is 12.6. The van der Waals surface area contributed by atoms with Crippen molar-refractivity contribution in [3.8, 4) is 0 Å². The van der Waals surface area contributed by atoms with Gasteiger partial charge in [0.25, 0.3) is 11.8 Å². The van der Waals surface area contributed by atoms with Crippen LogP contribution in [0.25, 0.3) is 0 Å². The minimum Gasteiger partial charge on any atom is -0.467 e. The van der Waals surface area contributed by atoms with Crippen LogP contribution in [0.2, 0.25) is 0 Å². The highest BCUT2D eigenvalue weighted by atomic mass is 16.3. The number of hydrogen-bond donors (Lipinski definition) is 1. The molecule has 2 aromatic carbocycles. The van der Waals surface area contributed by atoms with Crippen molar-refractivity contribution in [3.63, 3.8) is 0 Å². The Balaban J connectivity index is 1.65. The maximum atomic E-state index is 12.6. The highest BCUT2D eigenvalue weighted by Gasteiger charge is 2.14. The van der Waals surface area contributed by atoms with Crippen molar-refractivity contribution in [1.82, 2.24) is 10.2 Å². The van der Waals surface area contributed by atoms with Crippen LogP contribution >= 0.6 is 0 Å². The summed E-state index contributed by atoms with van der Waals surface area (Å²) >= 11 is 0. The third kappa shape index (κ3) is 4.39. The molecule has 0 aliphatic heterocycles. The summed E-state index contributed by atoms with van der Waals surface area (Å²) < 4.78 is 5.19. The second kappa shape index (κ2) is 8.16. The average Bonchev–Trinajstić information content (AvgIpc) is 3.20. The molecule has 1 heterocycles. The molecule has 5 heteroatoms. The standard InChI is InChI=1S/C21H20N2O3/c1-23(15-16-7-3-2-4-8-16)21(25)18-10-5-9-17(13-18)20(24)22-14-19-11-6-12-26-19/h2-13H,14-15H2,1H3,(H,22,24). The molecule has 0 aliphatic rings. The van der Waals surface area contributed by atoms with Crippen molar-refractivity contribution in [2.45, 2.75) is 13.1 Å². The Hall–Kier alpha value is -3.34. The zero-order chi connectivity index (χ0) is 18.4. The van der Waals surface area contributed by atoms with Crippen LogP contribution in [0.1, 0.15) is 32.0 Å². The molecule has 1 aromatic heterocycles. The molecular weight excluding hydrogens is 328 g/mol. The molecule has 5 nitrogen and oxygen atoms in total. The van der Waals surface area contributed by atoms with Crippen LogP contribution in [0.3, 0.4) is 0 Å². The lowest BCUT2D eigenvalue weighted by Crippen LogP contribution is -2.27. The van der Waals surface area contributed by atoms with E-state index in [0.29, 0.717) is 30.0 Å². The van der Waals surface area contributed by atoms with E-state index in [2.05, 4.69) is 5.32 Å². The van der Waals surface area contributed by atoms with Gasteiger partial charge < -0.3 is 14.6 Å². The summed E-state index contributed by atoms with van der Waals surface area (Å²) in [5.74, 6) is 0.296. The van der Waals surface area contributed by atoms with Crippen molar-refractivity contribution in [2.24, 2.45) is 0 Å². The first kappa shape index (κ1) is 17.5.